The molecule has 146 valence electrons. The van der Waals surface area contributed by atoms with Gasteiger partial charge in [-0.15, -0.1) is 0 Å². The summed E-state index contributed by atoms with van der Waals surface area (Å²) in [6.45, 7) is 1.67. The minimum absolute atomic E-state index is 0.0248. The van der Waals surface area contributed by atoms with Crippen molar-refractivity contribution in [3.8, 4) is 0 Å². The number of hydrogen-bond acceptors (Lipinski definition) is 4. The van der Waals surface area contributed by atoms with Crippen molar-refractivity contribution in [1.29, 1.82) is 0 Å². The highest BCUT2D eigenvalue weighted by Gasteiger charge is 2.19. The predicted octanol–water partition coefficient (Wildman–Crippen LogP) is 4.58. The van der Waals surface area contributed by atoms with Crippen molar-refractivity contribution >= 4 is 11.9 Å². The summed E-state index contributed by atoms with van der Waals surface area (Å²) in [5, 5.41) is 0. The second-order valence-corrected chi connectivity index (χ2v) is 5.75. The van der Waals surface area contributed by atoms with E-state index in [1.165, 1.54) is 0 Å². The highest BCUT2D eigenvalue weighted by molar-refractivity contribution is 5.72. The van der Waals surface area contributed by atoms with E-state index in [4.69, 9.17) is 4.74 Å². The van der Waals surface area contributed by atoms with Gasteiger partial charge < -0.3 is 9.47 Å². The molecule has 0 bridgehead atoms. The fraction of sp³-hybridized carbons (Fsp3) is 0.556. The lowest BCUT2D eigenvalue weighted by atomic mass is 10.2. The third-order valence-electron chi connectivity index (χ3n) is 3.59. The number of hydrogen-bond donors (Lipinski definition) is 0. The van der Waals surface area contributed by atoms with Crippen molar-refractivity contribution in [1.82, 2.24) is 0 Å². The molecule has 0 heterocycles. The van der Waals surface area contributed by atoms with E-state index in [-0.39, 0.29) is 19.3 Å². The molecular formula is C18H22F4O4. The van der Waals surface area contributed by atoms with Gasteiger partial charge in [-0.3, -0.25) is 9.59 Å². The van der Waals surface area contributed by atoms with Crippen molar-refractivity contribution in [2.45, 2.75) is 58.5 Å². The zero-order chi connectivity index (χ0) is 19.5. The molecule has 1 aromatic rings. The van der Waals surface area contributed by atoms with Gasteiger partial charge in [0.15, 0.2) is 23.3 Å². The van der Waals surface area contributed by atoms with E-state index in [2.05, 4.69) is 11.7 Å². The van der Waals surface area contributed by atoms with Crippen LogP contribution in [0.3, 0.4) is 0 Å². The first-order chi connectivity index (χ1) is 12.4. The van der Waals surface area contributed by atoms with Gasteiger partial charge in [0, 0.05) is 18.4 Å². The van der Waals surface area contributed by atoms with Crippen LogP contribution >= 0.6 is 0 Å². The molecule has 0 aromatic heterocycles. The standard InChI is InChI=1S/C18H22F4O4/c1-2-3-4-5-9-25-14(23)7-6-8-15(24)26-11-12-10-13(19)17(21)18(22)16(12)20/h10H,2-9,11H2,1H3. The van der Waals surface area contributed by atoms with E-state index in [0.29, 0.717) is 12.7 Å². The largest absolute Gasteiger partial charge is 0.466 e. The Morgan fingerprint density at radius 2 is 1.50 bits per heavy atom. The van der Waals surface area contributed by atoms with Crippen LogP contribution in [-0.2, 0) is 25.7 Å². The molecule has 0 aliphatic rings. The van der Waals surface area contributed by atoms with Crippen LogP contribution in [0.5, 0.6) is 0 Å². The summed E-state index contributed by atoms with van der Waals surface area (Å²) in [6.07, 6.45) is 3.98. The minimum Gasteiger partial charge on any atom is -0.466 e. The summed E-state index contributed by atoms with van der Waals surface area (Å²) < 4.78 is 62.0. The van der Waals surface area contributed by atoms with Crippen molar-refractivity contribution in [3.05, 3.63) is 34.9 Å². The third-order valence-corrected chi connectivity index (χ3v) is 3.59. The van der Waals surface area contributed by atoms with Gasteiger partial charge >= 0.3 is 11.9 Å². The molecule has 0 spiro atoms. The molecule has 1 aromatic carbocycles. The van der Waals surface area contributed by atoms with Crippen molar-refractivity contribution in [2.24, 2.45) is 0 Å². The Labute approximate surface area is 149 Å². The van der Waals surface area contributed by atoms with Gasteiger partial charge in [-0.2, -0.15) is 0 Å². The Morgan fingerprint density at radius 3 is 2.15 bits per heavy atom. The number of ether oxygens (including phenoxy) is 2. The van der Waals surface area contributed by atoms with E-state index in [1.807, 2.05) is 0 Å². The first-order valence-corrected chi connectivity index (χ1v) is 8.49. The van der Waals surface area contributed by atoms with Gasteiger partial charge in [0.25, 0.3) is 0 Å². The maximum Gasteiger partial charge on any atom is 0.306 e. The highest BCUT2D eigenvalue weighted by Crippen LogP contribution is 2.19. The molecule has 26 heavy (non-hydrogen) atoms. The van der Waals surface area contributed by atoms with Crippen molar-refractivity contribution in [3.63, 3.8) is 0 Å². The molecule has 0 amide bonds. The Bertz CT molecular complexity index is 620. The van der Waals surface area contributed by atoms with Gasteiger partial charge in [-0.1, -0.05) is 26.2 Å². The quantitative estimate of drug-likeness (QED) is 0.186. The number of halogens is 4. The molecule has 0 fully saturated rings. The van der Waals surface area contributed by atoms with Gasteiger partial charge in [-0.25, -0.2) is 17.6 Å². The van der Waals surface area contributed by atoms with Crippen LogP contribution in [-0.4, -0.2) is 18.5 Å². The highest BCUT2D eigenvalue weighted by atomic mass is 19.2. The topological polar surface area (TPSA) is 52.6 Å². The van der Waals surface area contributed by atoms with Gasteiger partial charge in [-0.05, 0) is 18.9 Å². The molecule has 1 rings (SSSR count). The van der Waals surface area contributed by atoms with Crippen LogP contribution in [0.15, 0.2) is 6.07 Å². The van der Waals surface area contributed by atoms with Crippen LogP contribution in [0, 0.1) is 23.3 Å². The van der Waals surface area contributed by atoms with Crippen LogP contribution in [0.1, 0.15) is 57.4 Å². The van der Waals surface area contributed by atoms with Crippen LogP contribution in [0.25, 0.3) is 0 Å². The first-order valence-electron chi connectivity index (χ1n) is 8.49. The number of esters is 2. The van der Waals surface area contributed by atoms with E-state index in [0.717, 1.165) is 25.7 Å². The summed E-state index contributed by atoms with van der Waals surface area (Å²) >= 11 is 0. The molecular weight excluding hydrogens is 356 g/mol. The molecule has 0 radical (unpaired) electrons. The Balaban J connectivity index is 2.26. The second-order valence-electron chi connectivity index (χ2n) is 5.75. The van der Waals surface area contributed by atoms with Gasteiger partial charge in [0.1, 0.15) is 6.61 Å². The molecule has 0 saturated heterocycles. The maximum absolute atomic E-state index is 13.4. The van der Waals surface area contributed by atoms with E-state index < -0.39 is 47.4 Å². The Hall–Kier alpha value is -2.12. The number of benzene rings is 1. The molecule has 0 aliphatic carbocycles. The van der Waals surface area contributed by atoms with Crippen LogP contribution < -0.4 is 0 Å². The number of carbonyl (C=O) groups excluding carboxylic acids is 2. The third kappa shape index (κ3) is 7.41. The van der Waals surface area contributed by atoms with Crippen LogP contribution in [0.2, 0.25) is 0 Å². The van der Waals surface area contributed by atoms with E-state index in [9.17, 15) is 27.2 Å². The molecule has 0 N–H and O–H groups in total. The van der Waals surface area contributed by atoms with Crippen LogP contribution in [0.4, 0.5) is 17.6 Å². The lowest BCUT2D eigenvalue weighted by molar-refractivity contribution is -0.146. The molecule has 0 unspecified atom stereocenters. The lowest BCUT2D eigenvalue weighted by Crippen LogP contribution is -2.10. The van der Waals surface area contributed by atoms with Gasteiger partial charge in [0.2, 0.25) is 0 Å². The molecule has 0 saturated carbocycles. The lowest BCUT2D eigenvalue weighted by Gasteiger charge is -2.08. The Morgan fingerprint density at radius 1 is 0.846 bits per heavy atom. The van der Waals surface area contributed by atoms with E-state index in [1.54, 1.807) is 0 Å². The summed E-state index contributed by atoms with van der Waals surface area (Å²) in [4.78, 5) is 23.0. The summed E-state index contributed by atoms with van der Waals surface area (Å²) in [7, 11) is 0. The zero-order valence-corrected chi connectivity index (χ0v) is 14.6. The predicted molar refractivity (Wildman–Crippen MR) is 85.0 cm³/mol. The van der Waals surface area contributed by atoms with E-state index >= 15 is 0 Å². The molecule has 4 nitrogen and oxygen atoms in total. The zero-order valence-electron chi connectivity index (χ0n) is 14.6. The monoisotopic (exact) mass is 378 g/mol. The average Bonchev–Trinajstić information content (AvgIpc) is 2.61. The number of carbonyl (C=O) groups is 2. The van der Waals surface area contributed by atoms with Crippen molar-refractivity contribution in [2.75, 3.05) is 6.61 Å². The molecule has 8 heteroatoms. The fourth-order valence-electron chi connectivity index (χ4n) is 2.12. The second kappa shape index (κ2) is 11.5. The molecule has 0 atom stereocenters. The average molecular weight is 378 g/mol. The number of rotatable bonds is 11. The normalized spacial score (nSPS) is 10.7. The first kappa shape index (κ1) is 21.9. The number of unbranched alkanes of at least 4 members (excludes halogenated alkanes) is 3. The SMILES string of the molecule is CCCCCCOC(=O)CCCC(=O)OCc1cc(F)c(F)c(F)c1F. The Kier molecular flexibility index (Phi) is 9.69. The van der Waals surface area contributed by atoms with Crippen molar-refractivity contribution < 1.29 is 36.6 Å². The van der Waals surface area contributed by atoms with Gasteiger partial charge in [0.05, 0.1) is 6.61 Å². The summed E-state index contributed by atoms with van der Waals surface area (Å²) in [5.74, 6) is -8.27. The summed E-state index contributed by atoms with van der Waals surface area (Å²) in [6, 6.07) is 0.428. The molecule has 0 aliphatic heterocycles. The summed E-state index contributed by atoms with van der Waals surface area (Å²) in [5.41, 5.74) is -0.610. The fourth-order valence-corrected chi connectivity index (χ4v) is 2.12. The smallest absolute Gasteiger partial charge is 0.306 e. The minimum atomic E-state index is -1.96. The maximum atomic E-state index is 13.4.